The Kier molecular flexibility index (Phi) is 7.07. The van der Waals surface area contributed by atoms with Crippen LogP contribution >= 0.6 is 0 Å². The Balaban J connectivity index is 1.40. The fourth-order valence-corrected chi connectivity index (χ4v) is 5.69. The number of benzene rings is 3. The van der Waals surface area contributed by atoms with Gasteiger partial charge in [-0.05, 0) is 68.1 Å². The monoisotopic (exact) mass is 492 g/mol. The normalized spacial score (nSPS) is 13.0. The second-order valence-corrected chi connectivity index (χ2v) is 10.4. The first kappa shape index (κ1) is 24.3. The zero-order valence-electron chi connectivity index (χ0n) is 19.7. The lowest BCUT2D eigenvalue weighted by Crippen LogP contribution is -2.44. The summed E-state index contributed by atoms with van der Waals surface area (Å²) in [7, 11) is -3.85. The molecule has 4 rings (SSSR count). The highest BCUT2D eigenvalue weighted by molar-refractivity contribution is 7.92. The Hall–Kier alpha value is -3.85. The Morgan fingerprint density at radius 3 is 2.54 bits per heavy atom. The third kappa shape index (κ3) is 5.46. The van der Waals surface area contributed by atoms with Gasteiger partial charge in [0.25, 0.3) is 21.8 Å². The third-order valence-corrected chi connectivity index (χ3v) is 7.70. The molecule has 9 heteroatoms. The van der Waals surface area contributed by atoms with Crippen LogP contribution in [0.5, 0.6) is 0 Å². The van der Waals surface area contributed by atoms with E-state index in [0.29, 0.717) is 12.2 Å². The number of rotatable bonds is 6. The number of carbonyl (C=O) groups excluding carboxylic acids is 2. The van der Waals surface area contributed by atoms with Crippen LogP contribution in [0.4, 0.5) is 11.4 Å². The van der Waals surface area contributed by atoms with E-state index in [1.165, 1.54) is 28.6 Å². The van der Waals surface area contributed by atoms with E-state index in [2.05, 4.69) is 16.2 Å². The fraction of sp³-hybridized carbons (Fsp3) is 0.231. The Morgan fingerprint density at radius 1 is 0.943 bits per heavy atom. The van der Waals surface area contributed by atoms with Crippen LogP contribution in [-0.2, 0) is 21.2 Å². The number of aryl methyl sites for hydroxylation is 3. The first-order chi connectivity index (χ1) is 16.8. The van der Waals surface area contributed by atoms with Gasteiger partial charge in [0.1, 0.15) is 0 Å². The van der Waals surface area contributed by atoms with Gasteiger partial charge < -0.3 is 5.32 Å². The minimum atomic E-state index is -3.85. The molecule has 2 amide bonds. The molecule has 182 valence electrons. The zero-order valence-corrected chi connectivity index (χ0v) is 20.5. The minimum Gasteiger partial charge on any atom is -0.376 e. The Bertz CT molecular complexity index is 1370. The van der Waals surface area contributed by atoms with Crippen LogP contribution in [0.2, 0.25) is 0 Å². The summed E-state index contributed by atoms with van der Waals surface area (Å²) in [6, 6.07) is 19.1. The number of hydrogen-bond acceptors (Lipinski definition) is 5. The van der Waals surface area contributed by atoms with Crippen LogP contribution in [0.1, 0.15) is 33.5 Å². The summed E-state index contributed by atoms with van der Waals surface area (Å²) in [5, 5.41) is 3.03. The van der Waals surface area contributed by atoms with Gasteiger partial charge in [-0.25, -0.2) is 8.42 Å². The molecule has 0 unspecified atom stereocenters. The summed E-state index contributed by atoms with van der Waals surface area (Å²) >= 11 is 0. The van der Waals surface area contributed by atoms with Crippen molar-refractivity contribution >= 4 is 33.2 Å². The van der Waals surface area contributed by atoms with Crippen molar-refractivity contribution in [3.8, 4) is 0 Å². The maximum absolute atomic E-state index is 13.4. The van der Waals surface area contributed by atoms with E-state index in [1.54, 1.807) is 6.07 Å². The lowest BCUT2D eigenvalue weighted by atomic mass is 10.0. The van der Waals surface area contributed by atoms with Crippen molar-refractivity contribution in [2.24, 2.45) is 0 Å². The van der Waals surface area contributed by atoms with Gasteiger partial charge in [-0.3, -0.25) is 24.7 Å². The smallest absolute Gasteiger partial charge is 0.269 e. The highest BCUT2D eigenvalue weighted by Gasteiger charge is 2.29. The van der Waals surface area contributed by atoms with Crippen molar-refractivity contribution in [2.45, 2.75) is 31.6 Å². The van der Waals surface area contributed by atoms with E-state index in [1.807, 2.05) is 50.2 Å². The number of hydrazine groups is 1. The zero-order chi connectivity index (χ0) is 25.0. The van der Waals surface area contributed by atoms with Crippen molar-refractivity contribution < 1.29 is 18.0 Å². The van der Waals surface area contributed by atoms with E-state index < -0.39 is 21.8 Å². The molecule has 0 atom stereocenters. The molecule has 0 spiro atoms. The molecule has 35 heavy (non-hydrogen) atoms. The molecule has 8 nitrogen and oxygen atoms in total. The Morgan fingerprint density at radius 2 is 1.74 bits per heavy atom. The predicted octanol–water partition coefficient (Wildman–Crippen LogP) is 3.32. The van der Waals surface area contributed by atoms with Crippen LogP contribution < -0.4 is 20.5 Å². The van der Waals surface area contributed by atoms with Gasteiger partial charge in [0.15, 0.2) is 0 Å². The summed E-state index contributed by atoms with van der Waals surface area (Å²) in [6.45, 7) is 4.27. The molecule has 0 aliphatic carbocycles. The largest absolute Gasteiger partial charge is 0.376 e. The molecule has 3 aromatic rings. The number of nitrogens with zero attached hydrogens (tertiary/aromatic N) is 1. The second-order valence-electron chi connectivity index (χ2n) is 8.51. The van der Waals surface area contributed by atoms with Crippen LogP contribution in [0.25, 0.3) is 0 Å². The average Bonchev–Trinajstić information content (AvgIpc) is 2.86. The number of anilines is 2. The van der Waals surface area contributed by atoms with Crippen molar-refractivity contribution in [1.82, 2.24) is 10.9 Å². The first-order valence-electron chi connectivity index (χ1n) is 11.4. The van der Waals surface area contributed by atoms with Crippen LogP contribution in [-0.4, -0.2) is 33.3 Å². The van der Waals surface area contributed by atoms with E-state index in [0.717, 1.165) is 35.2 Å². The molecular weight excluding hydrogens is 464 g/mol. The number of nitrogens with one attached hydrogen (secondary N) is 3. The molecular formula is C26H28N4O4S. The predicted molar refractivity (Wildman–Crippen MR) is 136 cm³/mol. The maximum Gasteiger partial charge on any atom is 0.269 e. The number of para-hydroxylation sites is 1. The van der Waals surface area contributed by atoms with E-state index in [9.17, 15) is 18.0 Å². The lowest BCUT2D eigenvalue weighted by molar-refractivity contribution is -0.120. The molecule has 0 radical (unpaired) electrons. The van der Waals surface area contributed by atoms with Gasteiger partial charge in [-0.1, -0.05) is 42.0 Å². The van der Waals surface area contributed by atoms with Crippen LogP contribution in [0.15, 0.2) is 71.6 Å². The van der Waals surface area contributed by atoms with Crippen molar-refractivity contribution in [3.05, 3.63) is 89.0 Å². The molecule has 1 aliphatic rings. The molecule has 1 aliphatic heterocycles. The van der Waals surface area contributed by atoms with E-state index >= 15 is 0 Å². The van der Waals surface area contributed by atoms with Gasteiger partial charge in [0, 0.05) is 17.8 Å². The molecule has 0 aromatic heterocycles. The molecule has 1 heterocycles. The SMILES string of the molecule is Cc1ccc(NCC(=O)NNC(=O)c2cccc(S(=O)(=O)N3CCCc4ccccc43)c2)c(C)c1. The fourth-order valence-electron chi connectivity index (χ4n) is 4.10. The maximum atomic E-state index is 13.4. The Labute approximate surface area is 205 Å². The summed E-state index contributed by atoms with van der Waals surface area (Å²) in [5.74, 6) is -1.05. The highest BCUT2D eigenvalue weighted by atomic mass is 32.2. The summed E-state index contributed by atoms with van der Waals surface area (Å²) in [6.07, 6.45) is 1.54. The highest BCUT2D eigenvalue weighted by Crippen LogP contribution is 2.31. The lowest BCUT2D eigenvalue weighted by Gasteiger charge is -2.30. The second kappa shape index (κ2) is 10.2. The topological polar surface area (TPSA) is 108 Å². The molecule has 0 saturated heterocycles. The van der Waals surface area contributed by atoms with Gasteiger partial charge >= 0.3 is 0 Å². The number of amides is 2. The number of sulfonamides is 1. The van der Waals surface area contributed by atoms with Crippen molar-refractivity contribution in [1.29, 1.82) is 0 Å². The van der Waals surface area contributed by atoms with Crippen molar-refractivity contribution in [3.63, 3.8) is 0 Å². The van der Waals surface area contributed by atoms with Crippen molar-refractivity contribution in [2.75, 3.05) is 22.7 Å². The molecule has 0 fully saturated rings. The summed E-state index contributed by atoms with van der Waals surface area (Å²) < 4.78 is 28.1. The molecule has 3 N–H and O–H groups in total. The van der Waals surface area contributed by atoms with E-state index in [4.69, 9.17) is 0 Å². The number of carbonyl (C=O) groups is 2. The standard InChI is InChI=1S/C26H28N4O4S/c1-18-12-13-23(19(2)15-18)27-17-25(31)28-29-26(32)21-8-5-10-22(16-21)35(33,34)30-14-6-9-20-7-3-4-11-24(20)30/h3-5,7-8,10-13,15-16,27H,6,9,14,17H2,1-2H3,(H,28,31)(H,29,32). The van der Waals surface area contributed by atoms with Crippen LogP contribution in [0.3, 0.4) is 0 Å². The summed E-state index contributed by atoms with van der Waals surface area (Å²) in [5.41, 5.74) is 9.43. The molecule has 0 saturated carbocycles. The van der Waals surface area contributed by atoms with Crippen LogP contribution in [0, 0.1) is 13.8 Å². The van der Waals surface area contributed by atoms with Gasteiger partial charge in [-0.15, -0.1) is 0 Å². The number of fused-ring (bicyclic) bond motifs is 1. The van der Waals surface area contributed by atoms with Gasteiger partial charge in [0.2, 0.25) is 0 Å². The number of hydrogen-bond donors (Lipinski definition) is 3. The van der Waals surface area contributed by atoms with Gasteiger partial charge in [0.05, 0.1) is 17.1 Å². The van der Waals surface area contributed by atoms with Gasteiger partial charge in [-0.2, -0.15) is 0 Å². The van der Waals surface area contributed by atoms with E-state index in [-0.39, 0.29) is 17.0 Å². The quantitative estimate of drug-likeness (QED) is 0.458. The average molecular weight is 493 g/mol. The molecule has 0 bridgehead atoms. The minimum absolute atomic E-state index is 0.0182. The summed E-state index contributed by atoms with van der Waals surface area (Å²) in [4.78, 5) is 24.8. The third-order valence-electron chi connectivity index (χ3n) is 5.89. The molecule has 3 aromatic carbocycles. The first-order valence-corrected chi connectivity index (χ1v) is 12.8.